The fraction of sp³-hybridized carbons (Fsp3) is 0.417. The van der Waals surface area contributed by atoms with Gasteiger partial charge in [0.25, 0.3) is 0 Å². The molecule has 2 atom stereocenters. The Kier molecular flexibility index (Phi) is 6.02. The predicted octanol–water partition coefficient (Wildman–Crippen LogP) is 4.29. The lowest BCUT2D eigenvalue weighted by molar-refractivity contribution is -0.121. The summed E-state index contributed by atoms with van der Waals surface area (Å²) in [6, 6.07) is 6.91. The van der Waals surface area contributed by atoms with Crippen LogP contribution < -0.4 is 5.32 Å². The molecule has 1 aliphatic rings. The molecule has 1 aliphatic carbocycles. The molecule has 0 saturated heterocycles. The topological polar surface area (TPSA) is 77.6 Å². The SMILES string of the molecule is CCC(=O)NC1CCC(n2nncc2C(C)=CC=C(C)c2ccc3c(cnn3C)c2)C1. The van der Waals surface area contributed by atoms with Gasteiger partial charge in [0, 0.05) is 24.9 Å². The summed E-state index contributed by atoms with van der Waals surface area (Å²) in [4.78, 5) is 11.7. The molecule has 0 bridgehead atoms. The van der Waals surface area contributed by atoms with Crippen LogP contribution in [-0.4, -0.2) is 36.7 Å². The summed E-state index contributed by atoms with van der Waals surface area (Å²) < 4.78 is 3.91. The van der Waals surface area contributed by atoms with Crippen LogP contribution in [0.15, 0.2) is 42.7 Å². The molecule has 1 amide bonds. The van der Waals surface area contributed by atoms with E-state index in [-0.39, 0.29) is 18.0 Å². The van der Waals surface area contributed by atoms with Gasteiger partial charge in [-0.3, -0.25) is 9.48 Å². The zero-order valence-electron chi connectivity index (χ0n) is 18.7. The van der Waals surface area contributed by atoms with Crippen LogP contribution in [0.2, 0.25) is 0 Å². The minimum absolute atomic E-state index is 0.116. The van der Waals surface area contributed by atoms with Gasteiger partial charge >= 0.3 is 0 Å². The van der Waals surface area contributed by atoms with Crippen LogP contribution in [0.4, 0.5) is 0 Å². The Morgan fingerprint density at radius 1 is 1.19 bits per heavy atom. The summed E-state index contributed by atoms with van der Waals surface area (Å²) in [5.41, 5.74) is 5.64. The Morgan fingerprint density at radius 2 is 2.00 bits per heavy atom. The Morgan fingerprint density at radius 3 is 2.81 bits per heavy atom. The van der Waals surface area contributed by atoms with Crippen LogP contribution in [0.1, 0.15) is 63.8 Å². The largest absolute Gasteiger partial charge is 0.353 e. The summed E-state index contributed by atoms with van der Waals surface area (Å²) in [6.07, 6.45) is 11.4. The van der Waals surface area contributed by atoms with E-state index < -0.39 is 0 Å². The first kappa shape index (κ1) is 21.0. The molecule has 162 valence electrons. The third-order valence-electron chi connectivity index (χ3n) is 6.20. The van der Waals surface area contributed by atoms with Gasteiger partial charge in [0.1, 0.15) is 0 Å². The maximum Gasteiger partial charge on any atom is 0.219 e. The molecule has 2 heterocycles. The summed E-state index contributed by atoms with van der Waals surface area (Å²) in [5, 5.41) is 17.1. The molecule has 3 aromatic rings. The maximum absolute atomic E-state index is 11.7. The second kappa shape index (κ2) is 8.88. The average molecular weight is 419 g/mol. The van der Waals surface area contributed by atoms with E-state index in [1.807, 2.05) is 35.7 Å². The predicted molar refractivity (Wildman–Crippen MR) is 123 cm³/mol. The van der Waals surface area contributed by atoms with Crippen molar-refractivity contribution in [2.45, 2.75) is 58.5 Å². The van der Waals surface area contributed by atoms with Gasteiger partial charge in [-0.25, -0.2) is 4.68 Å². The summed E-state index contributed by atoms with van der Waals surface area (Å²) in [6.45, 7) is 6.10. The molecule has 1 saturated carbocycles. The van der Waals surface area contributed by atoms with Crippen LogP contribution in [0.5, 0.6) is 0 Å². The highest BCUT2D eigenvalue weighted by Crippen LogP contribution is 2.32. The minimum Gasteiger partial charge on any atom is -0.353 e. The number of carbonyl (C=O) groups excluding carboxylic acids is 1. The molecule has 1 aromatic carbocycles. The summed E-state index contributed by atoms with van der Waals surface area (Å²) >= 11 is 0. The molecule has 7 nitrogen and oxygen atoms in total. The van der Waals surface area contributed by atoms with E-state index >= 15 is 0 Å². The lowest BCUT2D eigenvalue weighted by Crippen LogP contribution is -2.32. The molecule has 1 N–H and O–H groups in total. The Balaban J connectivity index is 1.50. The standard InChI is InChI=1S/C24H30N6O/c1-5-24(31)27-20-9-10-21(13-20)30-23(15-25-28-30)17(3)7-6-16(2)18-8-11-22-19(12-18)14-26-29(22)4/h6-8,11-12,14-15,20-21H,5,9-10,13H2,1-4H3,(H,27,31). The molecule has 7 heteroatoms. The first-order valence-corrected chi connectivity index (χ1v) is 10.9. The van der Waals surface area contributed by atoms with Crippen molar-refractivity contribution in [1.82, 2.24) is 30.1 Å². The molecule has 0 spiro atoms. The fourth-order valence-corrected chi connectivity index (χ4v) is 4.28. The molecule has 2 aromatic heterocycles. The first-order valence-electron chi connectivity index (χ1n) is 10.9. The number of hydrogen-bond acceptors (Lipinski definition) is 4. The van der Waals surface area contributed by atoms with Crippen LogP contribution in [-0.2, 0) is 11.8 Å². The number of carbonyl (C=O) groups is 1. The number of nitrogens with zero attached hydrogens (tertiary/aromatic N) is 5. The van der Waals surface area contributed by atoms with E-state index in [1.54, 1.807) is 0 Å². The van der Waals surface area contributed by atoms with Crippen LogP contribution >= 0.6 is 0 Å². The lowest BCUT2D eigenvalue weighted by atomic mass is 10.0. The maximum atomic E-state index is 11.7. The van der Waals surface area contributed by atoms with Gasteiger partial charge in [0.2, 0.25) is 5.91 Å². The van der Waals surface area contributed by atoms with Crippen molar-refractivity contribution in [3.05, 3.63) is 54.0 Å². The highest BCUT2D eigenvalue weighted by Gasteiger charge is 2.29. The third-order valence-corrected chi connectivity index (χ3v) is 6.20. The lowest BCUT2D eigenvalue weighted by Gasteiger charge is -2.15. The van der Waals surface area contributed by atoms with E-state index in [4.69, 9.17) is 0 Å². The molecule has 1 fully saturated rings. The van der Waals surface area contributed by atoms with Crippen molar-refractivity contribution in [3.8, 4) is 0 Å². The Hall–Kier alpha value is -3.22. The van der Waals surface area contributed by atoms with E-state index in [1.165, 1.54) is 11.1 Å². The zero-order valence-corrected chi connectivity index (χ0v) is 18.7. The minimum atomic E-state index is 0.116. The normalized spacial score (nSPS) is 19.9. The van der Waals surface area contributed by atoms with Crippen molar-refractivity contribution in [3.63, 3.8) is 0 Å². The van der Waals surface area contributed by atoms with Gasteiger partial charge in [-0.1, -0.05) is 30.4 Å². The highest BCUT2D eigenvalue weighted by molar-refractivity contribution is 5.83. The number of amides is 1. The number of rotatable bonds is 6. The van der Waals surface area contributed by atoms with Crippen molar-refractivity contribution in [1.29, 1.82) is 0 Å². The second-order valence-corrected chi connectivity index (χ2v) is 8.39. The number of hydrogen-bond donors (Lipinski definition) is 1. The van der Waals surface area contributed by atoms with Gasteiger partial charge in [-0.2, -0.15) is 5.10 Å². The van der Waals surface area contributed by atoms with E-state index in [0.29, 0.717) is 6.42 Å². The molecule has 31 heavy (non-hydrogen) atoms. The molecule has 0 radical (unpaired) electrons. The average Bonchev–Trinajstić information content (AvgIpc) is 3.51. The van der Waals surface area contributed by atoms with E-state index in [2.05, 4.69) is 64.9 Å². The summed E-state index contributed by atoms with van der Waals surface area (Å²) in [7, 11) is 1.96. The van der Waals surface area contributed by atoms with Crippen molar-refractivity contribution in [2.24, 2.45) is 7.05 Å². The van der Waals surface area contributed by atoms with Crippen molar-refractivity contribution < 1.29 is 4.79 Å². The Bertz CT molecular complexity index is 1150. The number of aryl methyl sites for hydroxylation is 1. The van der Waals surface area contributed by atoms with Gasteiger partial charge < -0.3 is 5.32 Å². The molecule has 4 rings (SSSR count). The van der Waals surface area contributed by atoms with Crippen LogP contribution in [0.25, 0.3) is 22.0 Å². The van der Waals surface area contributed by atoms with Gasteiger partial charge in [-0.15, -0.1) is 5.10 Å². The second-order valence-electron chi connectivity index (χ2n) is 8.39. The van der Waals surface area contributed by atoms with Gasteiger partial charge in [0.05, 0.1) is 29.6 Å². The van der Waals surface area contributed by atoms with E-state index in [9.17, 15) is 4.79 Å². The zero-order chi connectivity index (χ0) is 22.0. The number of nitrogens with one attached hydrogen (secondary N) is 1. The fourth-order valence-electron chi connectivity index (χ4n) is 4.28. The number of fused-ring (bicyclic) bond motifs is 1. The highest BCUT2D eigenvalue weighted by atomic mass is 16.1. The third kappa shape index (κ3) is 4.45. The number of benzene rings is 1. The molecular formula is C24H30N6O. The van der Waals surface area contributed by atoms with Crippen LogP contribution in [0.3, 0.4) is 0 Å². The quantitative estimate of drug-likeness (QED) is 0.606. The molecule has 2 unspecified atom stereocenters. The number of allylic oxidation sites excluding steroid dienone is 4. The van der Waals surface area contributed by atoms with Crippen LogP contribution in [0, 0.1) is 0 Å². The van der Waals surface area contributed by atoms with Crippen molar-refractivity contribution >= 4 is 28.0 Å². The van der Waals surface area contributed by atoms with E-state index in [0.717, 1.165) is 41.4 Å². The van der Waals surface area contributed by atoms with Crippen molar-refractivity contribution in [2.75, 3.05) is 0 Å². The monoisotopic (exact) mass is 418 g/mol. The smallest absolute Gasteiger partial charge is 0.219 e. The Labute approximate surface area is 182 Å². The molecular weight excluding hydrogens is 388 g/mol. The molecule has 0 aliphatic heterocycles. The first-order chi connectivity index (χ1) is 15.0. The van der Waals surface area contributed by atoms with Gasteiger partial charge in [0.15, 0.2) is 0 Å². The van der Waals surface area contributed by atoms with Gasteiger partial charge in [-0.05, 0) is 62.0 Å². The summed E-state index contributed by atoms with van der Waals surface area (Å²) in [5.74, 6) is 0.116. The number of aromatic nitrogens is 5.